The van der Waals surface area contributed by atoms with E-state index in [1.54, 1.807) is 0 Å². The molecule has 1 N–H and O–H groups in total. The molecule has 2 heterocycles. The molecule has 0 atom stereocenters. The van der Waals surface area contributed by atoms with Gasteiger partial charge in [-0.1, -0.05) is 0 Å². The van der Waals surface area contributed by atoms with Gasteiger partial charge in [0.1, 0.15) is 0 Å². The zero-order chi connectivity index (χ0) is 7.95. The molecular weight excluding hydrogens is 158 g/mol. The normalized spacial score (nSPS) is 33.1. The van der Waals surface area contributed by atoms with Crippen LogP contribution in [0.15, 0.2) is 0 Å². The molecule has 0 aromatic heterocycles. The van der Waals surface area contributed by atoms with Crippen molar-refractivity contribution in [1.82, 2.24) is 5.32 Å². The van der Waals surface area contributed by atoms with Gasteiger partial charge < -0.3 is 5.32 Å². The van der Waals surface area contributed by atoms with Gasteiger partial charge in [0.2, 0.25) is 0 Å². The zero-order valence-corrected chi connectivity index (χ0v) is 7.58. The number of rotatable bonds is 0. The lowest BCUT2D eigenvalue weighted by molar-refractivity contribution is 0.151. The van der Waals surface area contributed by atoms with Crippen LogP contribution in [0.1, 0.15) is 12.8 Å². The zero-order valence-electron chi connectivity index (χ0n) is 6.77. The lowest BCUT2D eigenvalue weighted by Gasteiger charge is -2.46. The maximum atomic E-state index is 11.5. The Morgan fingerprint density at radius 3 is 2.18 bits per heavy atom. The second-order valence-electron chi connectivity index (χ2n) is 3.98. The lowest BCUT2D eigenvalue weighted by Crippen LogP contribution is -2.56. The largest absolute Gasteiger partial charge is 0.316 e. The first-order valence-corrected chi connectivity index (χ1v) is 6.22. The van der Waals surface area contributed by atoms with E-state index in [9.17, 15) is 4.21 Å². The molecule has 0 unspecified atom stereocenters. The van der Waals surface area contributed by atoms with Crippen LogP contribution in [-0.4, -0.2) is 34.7 Å². The topological polar surface area (TPSA) is 29.1 Å². The summed E-state index contributed by atoms with van der Waals surface area (Å²) in [6, 6.07) is 0. The van der Waals surface area contributed by atoms with Crippen molar-refractivity contribution in [2.24, 2.45) is 5.41 Å². The van der Waals surface area contributed by atoms with Crippen molar-refractivity contribution in [3.05, 3.63) is 0 Å². The SMILES string of the molecule is C=S1(=O)CCC2(CC1)CNC2. The molecule has 2 aliphatic rings. The Morgan fingerprint density at radius 1 is 1.27 bits per heavy atom. The molecule has 0 aromatic rings. The molecule has 0 bridgehead atoms. The van der Waals surface area contributed by atoms with E-state index in [2.05, 4.69) is 11.2 Å². The van der Waals surface area contributed by atoms with Crippen molar-refractivity contribution < 1.29 is 4.21 Å². The fraction of sp³-hybridized carbons (Fsp3) is 0.875. The third-order valence-electron chi connectivity index (χ3n) is 3.01. The third-order valence-corrected chi connectivity index (χ3v) is 4.91. The monoisotopic (exact) mass is 173 g/mol. The summed E-state index contributed by atoms with van der Waals surface area (Å²) < 4.78 is 11.5. The van der Waals surface area contributed by atoms with E-state index in [1.807, 2.05) is 0 Å². The number of hydrogen-bond donors (Lipinski definition) is 1. The van der Waals surface area contributed by atoms with Crippen LogP contribution < -0.4 is 5.32 Å². The summed E-state index contributed by atoms with van der Waals surface area (Å²) in [5.41, 5.74) is 0.526. The van der Waals surface area contributed by atoms with E-state index in [1.165, 1.54) is 0 Å². The van der Waals surface area contributed by atoms with E-state index >= 15 is 0 Å². The van der Waals surface area contributed by atoms with Crippen LogP contribution in [-0.2, 0) is 9.52 Å². The highest BCUT2D eigenvalue weighted by Gasteiger charge is 2.39. The van der Waals surface area contributed by atoms with Crippen molar-refractivity contribution in [1.29, 1.82) is 0 Å². The molecular formula is C8H15NOS. The van der Waals surface area contributed by atoms with Crippen molar-refractivity contribution >= 4 is 15.4 Å². The molecule has 2 nitrogen and oxygen atoms in total. The fourth-order valence-electron chi connectivity index (χ4n) is 1.86. The quantitative estimate of drug-likeness (QED) is 0.526. The van der Waals surface area contributed by atoms with Crippen LogP contribution in [0, 0.1) is 5.41 Å². The number of hydrogen-bond acceptors (Lipinski definition) is 2. The highest BCUT2D eigenvalue weighted by atomic mass is 32.2. The second-order valence-corrected chi connectivity index (χ2v) is 6.73. The van der Waals surface area contributed by atoms with Crippen LogP contribution in [0.2, 0.25) is 0 Å². The van der Waals surface area contributed by atoms with E-state index in [0.29, 0.717) is 5.41 Å². The van der Waals surface area contributed by atoms with Gasteiger partial charge in [-0.15, -0.1) is 0 Å². The Labute approximate surface area is 68.4 Å². The van der Waals surface area contributed by atoms with Gasteiger partial charge >= 0.3 is 0 Å². The molecule has 0 aromatic carbocycles. The standard InChI is InChI=1S/C8H15NOS/c1-11(10)4-2-8(3-5-11)6-9-7-8/h9H,1-7H2. The van der Waals surface area contributed by atoms with Crippen LogP contribution in [0.5, 0.6) is 0 Å². The van der Waals surface area contributed by atoms with Crippen LogP contribution >= 0.6 is 0 Å². The first-order chi connectivity index (χ1) is 5.12. The van der Waals surface area contributed by atoms with E-state index in [4.69, 9.17) is 0 Å². The first kappa shape index (κ1) is 7.62. The summed E-state index contributed by atoms with van der Waals surface area (Å²) in [4.78, 5) is 0. The van der Waals surface area contributed by atoms with Crippen molar-refractivity contribution in [2.45, 2.75) is 12.8 Å². The number of nitrogens with one attached hydrogen (secondary N) is 1. The average Bonchev–Trinajstić information content (AvgIpc) is 1.84. The van der Waals surface area contributed by atoms with E-state index in [0.717, 1.165) is 37.4 Å². The van der Waals surface area contributed by atoms with E-state index < -0.39 is 9.52 Å². The molecule has 2 saturated heterocycles. The summed E-state index contributed by atoms with van der Waals surface area (Å²) in [5.74, 6) is 5.47. The van der Waals surface area contributed by atoms with Crippen molar-refractivity contribution in [3.63, 3.8) is 0 Å². The maximum Gasteiger partial charge on any atom is 0.0165 e. The molecule has 11 heavy (non-hydrogen) atoms. The lowest BCUT2D eigenvalue weighted by atomic mass is 9.77. The van der Waals surface area contributed by atoms with Crippen molar-refractivity contribution in [2.75, 3.05) is 24.6 Å². The molecule has 2 rings (SSSR count). The second kappa shape index (κ2) is 2.23. The highest BCUT2D eigenvalue weighted by molar-refractivity contribution is 8.00. The minimum atomic E-state index is -1.66. The van der Waals surface area contributed by atoms with Gasteiger partial charge in [-0.05, 0) is 33.6 Å². The molecule has 1 spiro atoms. The summed E-state index contributed by atoms with van der Waals surface area (Å²) >= 11 is 0. The predicted molar refractivity (Wildman–Crippen MR) is 49.5 cm³/mol. The molecule has 0 radical (unpaired) electrons. The van der Waals surface area contributed by atoms with Gasteiger partial charge in [0.15, 0.2) is 0 Å². The summed E-state index contributed by atoms with van der Waals surface area (Å²) in [5, 5.41) is 3.29. The van der Waals surface area contributed by atoms with E-state index in [-0.39, 0.29) is 0 Å². The van der Waals surface area contributed by atoms with Crippen LogP contribution in [0.25, 0.3) is 0 Å². The molecule has 2 fully saturated rings. The molecule has 0 saturated carbocycles. The smallest absolute Gasteiger partial charge is 0.0165 e. The Morgan fingerprint density at radius 2 is 1.82 bits per heavy atom. The Balaban J connectivity index is 2.04. The highest BCUT2D eigenvalue weighted by Crippen LogP contribution is 2.35. The van der Waals surface area contributed by atoms with Gasteiger partial charge in [-0.2, -0.15) is 0 Å². The maximum absolute atomic E-state index is 11.5. The molecule has 3 heteroatoms. The minimum absolute atomic E-state index is 0.526. The van der Waals surface area contributed by atoms with Crippen molar-refractivity contribution in [3.8, 4) is 0 Å². The Kier molecular flexibility index (Phi) is 1.55. The van der Waals surface area contributed by atoms with Gasteiger partial charge in [0.25, 0.3) is 0 Å². The van der Waals surface area contributed by atoms with Gasteiger partial charge in [-0.25, -0.2) is 0 Å². The Bertz CT molecular complexity index is 235. The molecule has 2 aliphatic heterocycles. The fourth-order valence-corrected chi connectivity index (χ4v) is 3.68. The molecule has 64 valence electrons. The van der Waals surface area contributed by atoms with Gasteiger partial charge in [-0.3, -0.25) is 4.21 Å². The summed E-state index contributed by atoms with van der Waals surface area (Å²) in [6.45, 7) is 2.28. The van der Waals surface area contributed by atoms with Gasteiger partial charge in [0, 0.05) is 24.6 Å². The summed E-state index contributed by atoms with van der Waals surface area (Å²) in [7, 11) is -1.66. The first-order valence-electron chi connectivity index (χ1n) is 4.15. The predicted octanol–water partition coefficient (Wildman–Crippen LogP) is 0.0862. The van der Waals surface area contributed by atoms with Crippen LogP contribution in [0.4, 0.5) is 0 Å². The van der Waals surface area contributed by atoms with Crippen LogP contribution in [0.3, 0.4) is 0 Å². The molecule has 0 aliphatic carbocycles. The minimum Gasteiger partial charge on any atom is -0.316 e. The van der Waals surface area contributed by atoms with Gasteiger partial charge in [0.05, 0.1) is 0 Å². The summed E-state index contributed by atoms with van der Waals surface area (Å²) in [6.07, 6.45) is 2.25. The average molecular weight is 173 g/mol. The third kappa shape index (κ3) is 1.32. The molecule has 0 amide bonds. The Hall–Kier alpha value is -0.0200.